The van der Waals surface area contributed by atoms with E-state index in [4.69, 9.17) is 11.6 Å². The third-order valence-electron chi connectivity index (χ3n) is 2.96. The number of nitrogens with one attached hydrogen (secondary N) is 1. The Labute approximate surface area is 130 Å². The van der Waals surface area contributed by atoms with E-state index in [1.807, 2.05) is 19.0 Å². The Kier molecular flexibility index (Phi) is 7.19. The second-order valence-electron chi connectivity index (χ2n) is 5.13. The molecule has 1 aromatic rings. The molecule has 1 N–H and O–H groups in total. The van der Waals surface area contributed by atoms with Gasteiger partial charge in [0.25, 0.3) is 0 Å². The summed E-state index contributed by atoms with van der Waals surface area (Å²) in [6.07, 6.45) is 0.825. The average Bonchev–Trinajstić information content (AvgIpc) is 2.39. The molecule has 5 nitrogen and oxygen atoms in total. The van der Waals surface area contributed by atoms with Crippen LogP contribution in [0.25, 0.3) is 0 Å². The van der Waals surface area contributed by atoms with Gasteiger partial charge in [0.05, 0.1) is 17.3 Å². The van der Waals surface area contributed by atoms with Crippen molar-refractivity contribution in [3.8, 4) is 0 Å². The summed E-state index contributed by atoms with van der Waals surface area (Å²) < 4.78 is 0. The average molecular weight is 312 g/mol. The number of rotatable bonds is 7. The fourth-order valence-corrected chi connectivity index (χ4v) is 2.03. The standard InChI is InChI=1S/C15H22ClN3O2/c1-12(20)19(10-6-9-18(2)3)11-15(21)17-14-8-5-4-7-13(14)16/h4-5,7-8H,6,9-11H2,1-3H3,(H,17,21). The molecule has 6 heteroatoms. The van der Waals surface area contributed by atoms with Crippen LogP contribution >= 0.6 is 11.6 Å². The van der Waals surface area contributed by atoms with E-state index in [1.165, 1.54) is 11.8 Å². The number of carbonyl (C=O) groups is 2. The predicted octanol–water partition coefficient (Wildman–Crippen LogP) is 2.08. The van der Waals surface area contributed by atoms with Gasteiger partial charge in [-0.05, 0) is 39.2 Å². The molecule has 116 valence electrons. The first-order valence-electron chi connectivity index (χ1n) is 6.84. The number of carbonyl (C=O) groups excluding carboxylic acids is 2. The smallest absolute Gasteiger partial charge is 0.244 e. The van der Waals surface area contributed by atoms with Crippen LogP contribution < -0.4 is 5.32 Å². The van der Waals surface area contributed by atoms with E-state index in [9.17, 15) is 9.59 Å². The maximum atomic E-state index is 12.0. The second-order valence-corrected chi connectivity index (χ2v) is 5.53. The maximum Gasteiger partial charge on any atom is 0.244 e. The Bertz CT molecular complexity index is 492. The van der Waals surface area contributed by atoms with Gasteiger partial charge in [-0.15, -0.1) is 0 Å². The number of anilines is 1. The van der Waals surface area contributed by atoms with Crippen LogP contribution in [0.15, 0.2) is 24.3 Å². The number of amides is 2. The number of para-hydroxylation sites is 1. The third-order valence-corrected chi connectivity index (χ3v) is 3.29. The minimum atomic E-state index is -0.247. The van der Waals surface area contributed by atoms with Gasteiger partial charge < -0.3 is 15.1 Å². The van der Waals surface area contributed by atoms with Crippen molar-refractivity contribution < 1.29 is 9.59 Å². The molecule has 0 saturated carbocycles. The molecule has 1 rings (SSSR count). The molecule has 0 aliphatic carbocycles. The van der Waals surface area contributed by atoms with Crippen molar-refractivity contribution in [3.05, 3.63) is 29.3 Å². The topological polar surface area (TPSA) is 52.7 Å². The van der Waals surface area contributed by atoms with Crippen LogP contribution in [0.3, 0.4) is 0 Å². The fraction of sp³-hybridized carbons (Fsp3) is 0.467. The summed E-state index contributed by atoms with van der Waals surface area (Å²) in [6.45, 7) is 2.94. The lowest BCUT2D eigenvalue weighted by Gasteiger charge is -2.21. The molecule has 1 aromatic carbocycles. The Morgan fingerprint density at radius 3 is 2.43 bits per heavy atom. The molecule has 0 aliphatic heterocycles. The van der Waals surface area contributed by atoms with Crippen LogP contribution in [-0.2, 0) is 9.59 Å². The molecule has 0 aliphatic rings. The third kappa shape index (κ3) is 6.60. The predicted molar refractivity (Wildman–Crippen MR) is 85.5 cm³/mol. The quantitative estimate of drug-likeness (QED) is 0.839. The zero-order valence-corrected chi connectivity index (χ0v) is 13.5. The lowest BCUT2D eigenvalue weighted by atomic mass is 10.3. The summed E-state index contributed by atoms with van der Waals surface area (Å²) in [6, 6.07) is 7.02. The SMILES string of the molecule is CC(=O)N(CCCN(C)C)CC(=O)Nc1ccccc1Cl. The van der Waals surface area contributed by atoms with Crippen molar-refractivity contribution in [2.24, 2.45) is 0 Å². The van der Waals surface area contributed by atoms with Gasteiger partial charge in [0, 0.05) is 13.5 Å². The van der Waals surface area contributed by atoms with E-state index < -0.39 is 0 Å². The summed E-state index contributed by atoms with van der Waals surface area (Å²) in [7, 11) is 3.95. The highest BCUT2D eigenvalue weighted by Crippen LogP contribution is 2.20. The first-order chi connectivity index (χ1) is 9.90. The van der Waals surface area contributed by atoms with Crippen LogP contribution in [-0.4, -0.2) is 55.3 Å². The lowest BCUT2D eigenvalue weighted by molar-refractivity contribution is -0.132. The summed E-state index contributed by atoms with van der Waals surface area (Å²) in [5.41, 5.74) is 0.556. The van der Waals surface area contributed by atoms with E-state index in [0.717, 1.165) is 13.0 Å². The summed E-state index contributed by atoms with van der Waals surface area (Å²) in [4.78, 5) is 27.2. The van der Waals surface area contributed by atoms with E-state index >= 15 is 0 Å². The molecule has 0 bridgehead atoms. The molecule has 21 heavy (non-hydrogen) atoms. The Morgan fingerprint density at radius 1 is 1.19 bits per heavy atom. The highest BCUT2D eigenvalue weighted by atomic mass is 35.5. The molecule has 0 saturated heterocycles. The number of benzene rings is 1. The molecular weight excluding hydrogens is 290 g/mol. The summed E-state index contributed by atoms with van der Waals surface area (Å²) in [5, 5.41) is 3.20. The normalized spacial score (nSPS) is 10.5. The van der Waals surface area contributed by atoms with Crippen LogP contribution in [0, 0.1) is 0 Å². The van der Waals surface area contributed by atoms with E-state index in [1.54, 1.807) is 24.3 Å². The molecule has 0 unspecified atom stereocenters. The highest BCUT2D eigenvalue weighted by Gasteiger charge is 2.14. The maximum absolute atomic E-state index is 12.0. The van der Waals surface area contributed by atoms with E-state index in [0.29, 0.717) is 17.3 Å². The van der Waals surface area contributed by atoms with Crippen LogP contribution in [0.1, 0.15) is 13.3 Å². The zero-order chi connectivity index (χ0) is 15.8. The Hall–Kier alpha value is -1.59. The molecule has 0 aromatic heterocycles. The van der Waals surface area contributed by atoms with E-state index in [-0.39, 0.29) is 18.4 Å². The van der Waals surface area contributed by atoms with Crippen molar-refractivity contribution in [1.29, 1.82) is 0 Å². The zero-order valence-electron chi connectivity index (χ0n) is 12.7. The van der Waals surface area contributed by atoms with Crippen molar-refractivity contribution in [1.82, 2.24) is 9.80 Å². The van der Waals surface area contributed by atoms with Gasteiger partial charge in [0.15, 0.2) is 0 Å². The number of nitrogens with zero attached hydrogens (tertiary/aromatic N) is 2. The highest BCUT2D eigenvalue weighted by molar-refractivity contribution is 6.33. The molecule has 0 fully saturated rings. The number of hydrogen-bond acceptors (Lipinski definition) is 3. The minimum absolute atomic E-state index is 0.0357. The number of halogens is 1. The van der Waals surface area contributed by atoms with Crippen LogP contribution in [0.2, 0.25) is 5.02 Å². The van der Waals surface area contributed by atoms with E-state index in [2.05, 4.69) is 5.32 Å². The molecule has 0 atom stereocenters. The molecule has 0 radical (unpaired) electrons. The summed E-state index contributed by atoms with van der Waals surface area (Å²) >= 11 is 5.99. The fourth-order valence-electron chi connectivity index (χ4n) is 1.85. The Balaban J connectivity index is 2.53. The van der Waals surface area contributed by atoms with Gasteiger partial charge in [-0.25, -0.2) is 0 Å². The molecule has 0 heterocycles. The minimum Gasteiger partial charge on any atom is -0.334 e. The molecule has 2 amide bonds. The van der Waals surface area contributed by atoms with Gasteiger partial charge in [0.2, 0.25) is 11.8 Å². The van der Waals surface area contributed by atoms with Gasteiger partial charge in [-0.2, -0.15) is 0 Å². The van der Waals surface area contributed by atoms with Gasteiger partial charge in [0.1, 0.15) is 0 Å². The van der Waals surface area contributed by atoms with Crippen LogP contribution in [0.4, 0.5) is 5.69 Å². The van der Waals surface area contributed by atoms with Crippen molar-refractivity contribution in [3.63, 3.8) is 0 Å². The first kappa shape index (κ1) is 17.5. The number of hydrogen-bond donors (Lipinski definition) is 1. The second kappa shape index (κ2) is 8.64. The monoisotopic (exact) mass is 311 g/mol. The van der Waals surface area contributed by atoms with Gasteiger partial charge in [-0.3, -0.25) is 9.59 Å². The van der Waals surface area contributed by atoms with Gasteiger partial charge in [-0.1, -0.05) is 23.7 Å². The largest absolute Gasteiger partial charge is 0.334 e. The van der Waals surface area contributed by atoms with Crippen molar-refractivity contribution in [2.45, 2.75) is 13.3 Å². The van der Waals surface area contributed by atoms with Crippen molar-refractivity contribution >= 4 is 29.1 Å². The molecule has 0 spiro atoms. The first-order valence-corrected chi connectivity index (χ1v) is 7.22. The molecular formula is C15H22ClN3O2. The van der Waals surface area contributed by atoms with Crippen LogP contribution in [0.5, 0.6) is 0 Å². The van der Waals surface area contributed by atoms with Gasteiger partial charge >= 0.3 is 0 Å². The lowest BCUT2D eigenvalue weighted by Crippen LogP contribution is -2.38. The Morgan fingerprint density at radius 2 is 1.86 bits per heavy atom. The summed E-state index contributed by atoms with van der Waals surface area (Å²) in [5.74, 6) is -0.355. The van der Waals surface area contributed by atoms with Crippen molar-refractivity contribution in [2.75, 3.05) is 39.0 Å².